The largest absolute Gasteiger partial charge is 0.488 e. The van der Waals surface area contributed by atoms with Gasteiger partial charge in [0.05, 0.1) is 8.81 Å². The molecule has 0 bridgehead atoms. The standard InChI is InChI=1S/C12H10BrClN2O2S/c13-11-4-2-8(19-11)6-18-7-1-3-9(10(14)5-7)12(15)16-17/h1-5,17H,6H2,(H2,15,16). The zero-order valence-electron chi connectivity index (χ0n) is 9.64. The number of oxime groups is 1. The number of thiophene rings is 1. The van der Waals surface area contributed by atoms with Crippen LogP contribution in [0.15, 0.2) is 39.3 Å². The molecule has 1 aromatic carbocycles. The Morgan fingerprint density at radius 2 is 2.21 bits per heavy atom. The molecule has 1 heterocycles. The zero-order valence-corrected chi connectivity index (χ0v) is 12.8. The van der Waals surface area contributed by atoms with Crippen LogP contribution in [0.4, 0.5) is 0 Å². The fraction of sp³-hybridized carbons (Fsp3) is 0.0833. The van der Waals surface area contributed by atoms with E-state index in [1.165, 1.54) is 0 Å². The number of ether oxygens (including phenoxy) is 1. The Bertz CT molecular complexity index is 616. The number of hydrogen-bond donors (Lipinski definition) is 2. The van der Waals surface area contributed by atoms with Gasteiger partial charge in [-0.2, -0.15) is 0 Å². The molecular weight excluding hydrogens is 352 g/mol. The van der Waals surface area contributed by atoms with Crippen molar-refractivity contribution in [3.05, 3.63) is 49.6 Å². The van der Waals surface area contributed by atoms with Crippen molar-refractivity contribution in [1.29, 1.82) is 0 Å². The third-order valence-electron chi connectivity index (χ3n) is 2.33. The van der Waals surface area contributed by atoms with E-state index in [4.69, 9.17) is 27.3 Å². The van der Waals surface area contributed by atoms with Crippen molar-refractivity contribution in [2.45, 2.75) is 6.61 Å². The first-order valence-electron chi connectivity index (χ1n) is 5.24. The van der Waals surface area contributed by atoms with Gasteiger partial charge in [-0.15, -0.1) is 11.3 Å². The lowest BCUT2D eigenvalue weighted by atomic mass is 10.2. The summed E-state index contributed by atoms with van der Waals surface area (Å²) in [5.74, 6) is 0.600. The second-order valence-corrected chi connectivity index (χ2v) is 6.58. The third-order valence-corrected chi connectivity index (χ3v) is 4.24. The van der Waals surface area contributed by atoms with Gasteiger partial charge < -0.3 is 15.7 Å². The molecule has 2 rings (SSSR count). The summed E-state index contributed by atoms with van der Waals surface area (Å²) in [4.78, 5) is 1.10. The summed E-state index contributed by atoms with van der Waals surface area (Å²) < 4.78 is 6.68. The molecule has 0 saturated heterocycles. The molecule has 1 aromatic heterocycles. The van der Waals surface area contributed by atoms with Crippen LogP contribution in [-0.4, -0.2) is 11.0 Å². The predicted molar refractivity (Wildman–Crippen MR) is 80.3 cm³/mol. The van der Waals surface area contributed by atoms with Crippen LogP contribution in [0.5, 0.6) is 5.75 Å². The van der Waals surface area contributed by atoms with Crippen molar-refractivity contribution >= 4 is 44.7 Å². The quantitative estimate of drug-likeness (QED) is 0.376. The first kappa shape index (κ1) is 14.2. The molecule has 0 unspecified atom stereocenters. The van der Waals surface area contributed by atoms with Crippen LogP contribution in [0.1, 0.15) is 10.4 Å². The van der Waals surface area contributed by atoms with Gasteiger partial charge in [0.25, 0.3) is 0 Å². The van der Waals surface area contributed by atoms with E-state index in [0.29, 0.717) is 22.9 Å². The smallest absolute Gasteiger partial charge is 0.171 e. The Morgan fingerprint density at radius 3 is 2.79 bits per heavy atom. The van der Waals surface area contributed by atoms with Gasteiger partial charge in [0.2, 0.25) is 0 Å². The molecule has 4 nitrogen and oxygen atoms in total. The Labute approximate surface area is 127 Å². The maximum atomic E-state index is 8.61. The van der Waals surface area contributed by atoms with Crippen molar-refractivity contribution in [3.8, 4) is 5.75 Å². The van der Waals surface area contributed by atoms with Crippen molar-refractivity contribution in [1.82, 2.24) is 0 Å². The van der Waals surface area contributed by atoms with Gasteiger partial charge in [0.1, 0.15) is 12.4 Å². The number of rotatable bonds is 4. The normalized spacial score (nSPS) is 11.6. The monoisotopic (exact) mass is 360 g/mol. The molecule has 19 heavy (non-hydrogen) atoms. The van der Waals surface area contributed by atoms with Crippen LogP contribution in [0.3, 0.4) is 0 Å². The maximum Gasteiger partial charge on any atom is 0.171 e. The van der Waals surface area contributed by atoms with Crippen LogP contribution >= 0.6 is 38.9 Å². The summed E-state index contributed by atoms with van der Waals surface area (Å²) in [5.41, 5.74) is 5.95. The van der Waals surface area contributed by atoms with Gasteiger partial charge in [-0.1, -0.05) is 16.8 Å². The van der Waals surface area contributed by atoms with Crippen LogP contribution in [0.25, 0.3) is 0 Å². The van der Waals surface area contributed by atoms with Crippen molar-refractivity contribution < 1.29 is 9.94 Å². The predicted octanol–water partition coefficient (Wildman–Crippen LogP) is 3.84. The Morgan fingerprint density at radius 1 is 1.42 bits per heavy atom. The van der Waals surface area contributed by atoms with Gasteiger partial charge in [0.15, 0.2) is 5.84 Å². The highest BCUT2D eigenvalue weighted by Gasteiger charge is 2.07. The number of nitrogens with zero attached hydrogens (tertiary/aromatic N) is 1. The van der Waals surface area contributed by atoms with Gasteiger partial charge in [-0.3, -0.25) is 0 Å². The molecule has 2 aromatic rings. The average molecular weight is 362 g/mol. The summed E-state index contributed by atoms with van der Waals surface area (Å²) in [6, 6.07) is 8.97. The minimum atomic E-state index is -0.0289. The number of amidine groups is 1. The highest BCUT2D eigenvalue weighted by molar-refractivity contribution is 9.11. The van der Waals surface area contributed by atoms with Gasteiger partial charge >= 0.3 is 0 Å². The molecule has 0 fully saturated rings. The summed E-state index contributed by atoms with van der Waals surface area (Å²) in [6.45, 7) is 0.468. The molecule has 0 aliphatic rings. The molecule has 0 amide bonds. The van der Waals surface area contributed by atoms with Crippen LogP contribution in [0, 0.1) is 0 Å². The lowest BCUT2D eigenvalue weighted by Gasteiger charge is -2.07. The highest BCUT2D eigenvalue weighted by Crippen LogP contribution is 2.26. The summed E-state index contributed by atoms with van der Waals surface area (Å²) in [5, 5.41) is 11.9. The lowest BCUT2D eigenvalue weighted by molar-refractivity contribution is 0.309. The van der Waals surface area contributed by atoms with E-state index in [9.17, 15) is 0 Å². The van der Waals surface area contributed by atoms with Crippen molar-refractivity contribution in [3.63, 3.8) is 0 Å². The number of halogens is 2. The molecule has 7 heteroatoms. The molecule has 0 spiro atoms. The molecule has 0 saturated carbocycles. The topological polar surface area (TPSA) is 67.8 Å². The zero-order chi connectivity index (χ0) is 13.8. The van der Waals surface area contributed by atoms with Crippen molar-refractivity contribution in [2.24, 2.45) is 10.9 Å². The minimum absolute atomic E-state index is 0.0289. The van der Waals surface area contributed by atoms with E-state index in [1.807, 2.05) is 12.1 Å². The Hall–Kier alpha value is -1.24. The summed E-state index contributed by atoms with van der Waals surface area (Å²) in [6.07, 6.45) is 0. The third kappa shape index (κ3) is 3.62. The average Bonchev–Trinajstić information content (AvgIpc) is 2.81. The molecule has 0 aliphatic heterocycles. The SMILES string of the molecule is N/C(=N/O)c1ccc(OCc2ccc(Br)s2)cc1Cl. The first-order chi connectivity index (χ1) is 9.10. The van der Waals surface area contributed by atoms with Crippen molar-refractivity contribution in [2.75, 3.05) is 0 Å². The van der Waals surface area contributed by atoms with E-state index >= 15 is 0 Å². The fourth-order valence-electron chi connectivity index (χ4n) is 1.43. The molecule has 3 N–H and O–H groups in total. The molecule has 0 radical (unpaired) electrons. The van der Waals surface area contributed by atoms with E-state index in [-0.39, 0.29) is 5.84 Å². The first-order valence-corrected chi connectivity index (χ1v) is 7.23. The van der Waals surface area contributed by atoms with E-state index in [0.717, 1.165) is 8.66 Å². The Kier molecular flexibility index (Phi) is 4.68. The molecule has 100 valence electrons. The Balaban J connectivity index is 2.08. The van der Waals surface area contributed by atoms with Gasteiger partial charge in [-0.25, -0.2) is 0 Å². The number of benzene rings is 1. The second kappa shape index (κ2) is 6.27. The van der Waals surface area contributed by atoms with Gasteiger partial charge in [-0.05, 0) is 46.3 Å². The van der Waals surface area contributed by atoms with E-state index in [2.05, 4.69) is 21.1 Å². The highest BCUT2D eigenvalue weighted by atomic mass is 79.9. The van der Waals surface area contributed by atoms with E-state index < -0.39 is 0 Å². The van der Waals surface area contributed by atoms with Crippen LogP contribution < -0.4 is 10.5 Å². The number of nitrogens with two attached hydrogens (primary N) is 1. The number of hydrogen-bond acceptors (Lipinski definition) is 4. The molecular formula is C12H10BrClN2O2S. The second-order valence-electron chi connectivity index (χ2n) is 3.62. The summed E-state index contributed by atoms with van der Waals surface area (Å²) in [7, 11) is 0. The molecule has 0 atom stereocenters. The minimum Gasteiger partial charge on any atom is -0.488 e. The molecule has 0 aliphatic carbocycles. The van der Waals surface area contributed by atoms with Crippen LogP contribution in [0.2, 0.25) is 5.02 Å². The lowest BCUT2D eigenvalue weighted by Crippen LogP contribution is -2.13. The fourth-order valence-corrected chi connectivity index (χ4v) is 3.09. The van der Waals surface area contributed by atoms with Crippen LogP contribution in [-0.2, 0) is 6.61 Å². The summed E-state index contributed by atoms with van der Waals surface area (Å²) >= 11 is 11.0. The van der Waals surface area contributed by atoms with E-state index in [1.54, 1.807) is 29.5 Å². The maximum absolute atomic E-state index is 8.61. The van der Waals surface area contributed by atoms with Gasteiger partial charge in [0, 0.05) is 10.4 Å².